The van der Waals surface area contributed by atoms with Gasteiger partial charge >= 0.3 is 0 Å². The van der Waals surface area contributed by atoms with Crippen molar-refractivity contribution in [3.63, 3.8) is 0 Å². The zero-order valence-corrected chi connectivity index (χ0v) is 16.9. The second-order valence-electron chi connectivity index (χ2n) is 6.99. The maximum Gasteiger partial charge on any atom is 0.275 e. The molecule has 2 atom stereocenters. The zero-order valence-electron chi connectivity index (χ0n) is 16.9. The van der Waals surface area contributed by atoms with Crippen LogP contribution in [-0.4, -0.2) is 47.0 Å². The molecule has 3 N–H and O–H groups in total. The molecule has 162 valence electrons. The molecule has 2 aromatic rings. The average Bonchev–Trinajstić information content (AvgIpc) is 3.12. The number of azide groups is 1. The highest BCUT2D eigenvalue weighted by atomic mass is 16.5. The van der Waals surface area contributed by atoms with Crippen LogP contribution in [-0.2, 0) is 16.0 Å². The zero-order chi connectivity index (χ0) is 22.3. The predicted octanol–water partition coefficient (Wildman–Crippen LogP) is 3.04. The molecule has 31 heavy (non-hydrogen) atoms. The quantitative estimate of drug-likeness (QED) is 0.141. The molecule has 1 aliphatic rings. The topological polar surface area (TPSA) is 149 Å². The van der Waals surface area contributed by atoms with Gasteiger partial charge in [0.15, 0.2) is 5.54 Å². The molecule has 0 saturated heterocycles. The molecule has 1 aliphatic heterocycles. The number of carbonyl (C=O) groups excluding carboxylic acids is 1. The van der Waals surface area contributed by atoms with Crippen molar-refractivity contribution in [2.24, 2.45) is 10.1 Å². The highest BCUT2D eigenvalue weighted by Gasteiger charge is 2.50. The first-order valence-corrected chi connectivity index (χ1v) is 9.72. The van der Waals surface area contributed by atoms with Crippen molar-refractivity contribution in [2.45, 2.75) is 31.4 Å². The molecule has 0 saturated carbocycles. The fourth-order valence-corrected chi connectivity index (χ4v) is 3.34. The molecule has 1 heterocycles. The molecular formula is C21H23N5O5. The Morgan fingerprint density at radius 1 is 1.32 bits per heavy atom. The van der Waals surface area contributed by atoms with Crippen molar-refractivity contribution in [3.8, 4) is 5.75 Å². The molecule has 0 fully saturated rings. The lowest BCUT2D eigenvalue weighted by molar-refractivity contribution is -0.136. The maximum atomic E-state index is 12.7. The van der Waals surface area contributed by atoms with Crippen LogP contribution in [0.15, 0.2) is 58.6 Å². The first-order valence-electron chi connectivity index (χ1n) is 9.72. The van der Waals surface area contributed by atoms with E-state index in [0.29, 0.717) is 35.6 Å². The molecule has 0 spiro atoms. The minimum Gasteiger partial charge on any atom is -0.494 e. The summed E-state index contributed by atoms with van der Waals surface area (Å²) in [6.45, 7) is 2.14. The number of benzene rings is 2. The highest BCUT2D eigenvalue weighted by Crippen LogP contribution is 2.35. The van der Waals surface area contributed by atoms with E-state index in [2.05, 4.69) is 15.0 Å². The number of aliphatic hydroxyl groups is 1. The van der Waals surface area contributed by atoms with Crippen LogP contribution < -0.4 is 10.2 Å². The van der Waals surface area contributed by atoms with Gasteiger partial charge in [-0.25, -0.2) is 10.5 Å². The van der Waals surface area contributed by atoms with Gasteiger partial charge in [-0.3, -0.25) is 10.0 Å². The third-order valence-corrected chi connectivity index (χ3v) is 5.03. The molecule has 10 heteroatoms. The number of hydroxylamine groups is 1. The Labute approximate surface area is 178 Å². The monoisotopic (exact) mass is 425 g/mol. The molecule has 0 bridgehead atoms. The van der Waals surface area contributed by atoms with E-state index < -0.39 is 17.6 Å². The van der Waals surface area contributed by atoms with E-state index in [9.17, 15) is 10.0 Å². The van der Waals surface area contributed by atoms with Crippen LogP contribution in [0.1, 0.15) is 24.5 Å². The second kappa shape index (κ2) is 9.94. The normalized spacial score (nSPS) is 19.7. The number of nitrogens with zero attached hydrogens (tertiary/aromatic N) is 4. The van der Waals surface area contributed by atoms with E-state index in [1.54, 1.807) is 60.9 Å². The van der Waals surface area contributed by atoms with E-state index in [4.69, 9.17) is 20.1 Å². The summed E-state index contributed by atoms with van der Waals surface area (Å²) in [6, 6.07) is 13.8. The highest BCUT2D eigenvalue weighted by molar-refractivity contribution is 6.00. The van der Waals surface area contributed by atoms with Crippen molar-refractivity contribution in [1.82, 2.24) is 5.48 Å². The van der Waals surface area contributed by atoms with E-state index in [-0.39, 0.29) is 18.9 Å². The van der Waals surface area contributed by atoms with Crippen LogP contribution >= 0.6 is 0 Å². The smallest absolute Gasteiger partial charge is 0.275 e. The van der Waals surface area contributed by atoms with Gasteiger partial charge in [-0.05, 0) is 42.3 Å². The summed E-state index contributed by atoms with van der Waals surface area (Å²) < 4.78 is 11.4. The fourth-order valence-electron chi connectivity index (χ4n) is 3.34. The summed E-state index contributed by atoms with van der Waals surface area (Å²) in [5.74, 6) is 0.153. The summed E-state index contributed by atoms with van der Waals surface area (Å²) >= 11 is 0. The number of hydrogen-bond acceptors (Lipinski definition) is 7. The van der Waals surface area contributed by atoms with E-state index in [1.165, 1.54) is 0 Å². The third-order valence-electron chi connectivity index (χ3n) is 5.03. The third kappa shape index (κ3) is 4.77. The Balaban J connectivity index is 1.92. The molecule has 1 amide bonds. The number of aliphatic hydroxyl groups excluding tert-OH is 1. The van der Waals surface area contributed by atoms with Gasteiger partial charge in [0, 0.05) is 35.6 Å². The van der Waals surface area contributed by atoms with Crippen LogP contribution in [0.2, 0.25) is 0 Å². The summed E-state index contributed by atoms with van der Waals surface area (Å²) in [5.41, 5.74) is 10.7. The molecular weight excluding hydrogens is 402 g/mol. The standard InChI is InChI=1S/C21H23N5O5/c1-14-21(20(28)25-29,13-16-5-2-3-6-18(16)24-26-22)23-19(31-14)15-7-9-17(10-8-15)30-12-4-11-27/h2-3,5-10,14,27,29H,4,11-13H2,1H3,(H,25,28)/t14-,21-/m0/s1. The van der Waals surface area contributed by atoms with Gasteiger partial charge in [0.05, 0.1) is 6.61 Å². The molecule has 0 aromatic heterocycles. The molecule has 0 unspecified atom stereocenters. The van der Waals surface area contributed by atoms with Crippen LogP contribution in [0.4, 0.5) is 5.69 Å². The van der Waals surface area contributed by atoms with Crippen molar-refractivity contribution in [1.29, 1.82) is 0 Å². The largest absolute Gasteiger partial charge is 0.494 e. The molecule has 10 nitrogen and oxygen atoms in total. The van der Waals surface area contributed by atoms with Crippen molar-refractivity contribution in [2.75, 3.05) is 13.2 Å². The van der Waals surface area contributed by atoms with Gasteiger partial charge in [-0.1, -0.05) is 29.4 Å². The second-order valence-corrected chi connectivity index (χ2v) is 6.99. The summed E-state index contributed by atoms with van der Waals surface area (Å²) in [6.07, 6.45) is -0.110. The Bertz CT molecular complexity index is 1000. The minimum absolute atomic E-state index is 0.0540. The van der Waals surface area contributed by atoms with E-state index >= 15 is 0 Å². The number of carbonyl (C=O) groups is 1. The minimum atomic E-state index is -1.46. The molecule has 0 aliphatic carbocycles. The summed E-state index contributed by atoms with van der Waals surface area (Å²) in [7, 11) is 0. The van der Waals surface area contributed by atoms with Gasteiger partial charge in [-0.2, -0.15) is 0 Å². The number of ether oxygens (including phenoxy) is 2. The lowest BCUT2D eigenvalue weighted by Gasteiger charge is -2.27. The van der Waals surface area contributed by atoms with Gasteiger partial charge in [0.2, 0.25) is 5.90 Å². The van der Waals surface area contributed by atoms with Crippen LogP contribution in [0.3, 0.4) is 0 Å². The van der Waals surface area contributed by atoms with Crippen LogP contribution in [0.25, 0.3) is 10.4 Å². The van der Waals surface area contributed by atoms with Crippen molar-refractivity contribution >= 4 is 17.5 Å². The van der Waals surface area contributed by atoms with Crippen molar-refractivity contribution < 1.29 is 24.6 Å². The maximum absolute atomic E-state index is 12.7. The van der Waals surface area contributed by atoms with Crippen LogP contribution in [0.5, 0.6) is 5.75 Å². The number of hydrogen-bond donors (Lipinski definition) is 3. The summed E-state index contributed by atoms with van der Waals surface area (Å²) in [5, 5.41) is 21.9. The van der Waals surface area contributed by atoms with Gasteiger partial charge in [-0.15, -0.1) is 0 Å². The fraction of sp³-hybridized carbons (Fsp3) is 0.333. The van der Waals surface area contributed by atoms with Crippen LogP contribution in [0, 0.1) is 0 Å². The lowest BCUT2D eigenvalue weighted by atomic mass is 9.85. The molecule has 0 radical (unpaired) electrons. The molecule has 2 aromatic carbocycles. The SMILES string of the molecule is C[C@@H]1OC(c2ccc(OCCCO)cc2)=N[C@]1(Cc1ccccc1N=[N+]=[N-])C(=O)NO. The Morgan fingerprint density at radius 3 is 2.74 bits per heavy atom. The van der Waals surface area contributed by atoms with E-state index in [1.807, 2.05) is 0 Å². The number of aliphatic imine (C=N–C) groups is 1. The van der Waals surface area contributed by atoms with Gasteiger partial charge in [0.25, 0.3) is 5.91 Å². The number of nitrogens with one attached hydrogen (secondary N) is 1. The van der Waals surface area contributed by atoms with Gasteiger partial charge < -0.3 is 14.6 Å². The first-order chi connectivity index (χ1) is 15.0. The Morgan fingerprint density at radius 2 is 2.06 bits per heavy atom. The number of rotatable bonds is 9. The first kappa shape index (κ1) is 22.1. The average molecular weight is 425 g/mol. The number of amides is 1. The predicted molar refractivity (Wildman–Crippen MR) is 112 cm³/mol. The Kier molecular flexibility index (Phi) is 7.09. The van der Waals surface area contributed by atoms with Crippen molar-refractivity contribution in [3.05, 3.63) is 70.1 Å². The Hall–Kier alpha value is -3.59. The van der Waals surface area contributed by atoms with E-state index in [0.717, 1.165) is 0 Å². The lowest BCUT2D eigenvalue weighted by Crippen LogP contribution is -2.51. The molecule has 3 rings (SSSR count). The van der Waals surface area contributed by atoms with Gasteiger partial charge in [0.1, 0.15) is 11.9 Å². The summed E-state index contributed by atoms with van der Waals surface area (Å²) in [4.78, 5) is 20.1.